The first-order chi connectivity index (χ1) is 5.24. The lowest BCUT2D eigenvalue weighted by molar-refractivity contribution is 0.106. The van der Waals surface area contributed by atoms with Crippen molar-refractivity contribution < 1.29 is 9.21 Å². The lowest BCUT2D eigenvalue weighted by atomic mass is 10.5. The smallest absolute Gasteiger partial charge is 0.254 e. The molecule has 0 fully saturated rings. The minimum atomic E-state index is -0.0156. The van der Waals surface area contributed by atoms with Crippen LogP contribution in [-0.2, 0) is 0 Å². The van der Waals surface area contributed by atoms with E-state index in [4.69, 9.17) is 4.42 Å². The molecule has 0 amide bonds. The molecule has 4 heteroatoms. The summed E-state index contributed by atoms with van der Waals surface area (Å²) in [5.74, 6) is 1.18. The molecule has 60 valence electrons. The van der Waals surface area contributed by atoms with Gasteiger partial charge in [0.2, 0.25) is 0 Å². The summed E-state index contributed by atoms with van der Waals surface area (Å²) in [6, 6.07) is 3.37. The number of carbonyl (C=O) groups is 1. The molecule has 1 rings (SSSR count). The van der Waals surface area contributed by atoms with Gasteiger partial charge in [0.1, 0.15) is 0 Å². The molecule has 0 spiro atoms. The summed E-state index contributed by atoms with van der Waals surface area (Å²) < 4.78 is 5.64. The Kier molecular flexibility index (Phi) is 3.20. The Labute approximate surface area is 77.5 Å². The van der Waals surface area contributed by atoms with Crippen molar-refractivity contribution in [3.05, 3.63) is 22.6 Å². The average molecular weight is 235 g/mol. The average Bonchev–Trinajstić information content (AvgIpc) is 2.36. The highest BCUT2D eigenvalue weighted by Crippen LogP contribution is 2.18. The second kappa shape index (κ2) is 3.97. The molecule has 0 unspecified atom stereocenters. The monoisotopic (exact) mass is 234 g/mol. The zero-order valence-corrected chi connectivity index (χ0v) is 8.37. The first-order valence-corrected chi connectivity index (χ1v) is 4.94. The van der Waals surface area contributed by atoms with Gasteiger partial charge < -0.3 is 4.42 Å². The Balaban J connectivity index is 2.69. The van der Waals surface area contributed by atoms with Crippen molar-refractivity contribution in [1.82, 2.24) is 0 Å². The Morgan fingerprint density at radius 3 is 2.91 bits per heavy atom. The van der Waals surface area contributed by atoms with Crippen LogP contribution in [0, 0.1) is 0 Å². The van der Waals surface area contributed by atoms with Crippen LogP contribution in [0.25, 0.3) is 0 Å². The van der Waals surface area contributed by atoms with Crippen LogP contribution in [0.15, 0.2) is 21.2 Å². The molecule has 1 aromatic heterocycles. The fourth-order valence-electron chi connectivity index (χ4n) is 0.626. The fourth-order valence-corrected chi connectivity index (χ4v) is 1.45. The van der Waals surface area contributed by atoms with Crippen molar-refractivity contribution in [1.29, 1.82) is 0 Å². The standard InChI is InChI=1S/C7H7BrO2S/c1-2-11-7(9)5-3-4-6(8)10-5/h3-4H,2H2,1H3. The van der Waals surface area contributed by atoms with E-state index in [1.54, 1.807) is 12.1 Å². The normalized spacial score (nSPS) is 10.0. The minimum Gasteiger partial charge on any atom is -0.445 e. The predicted molar refractivity (Wildman–Crippen MR) is 48.9 cm³/mol. The van der Waals surface area contributed by atoms with E-state index >= 15 is 0 Å². The van der Waals surface area contributed by atoms with E-state index in [0.717, 1.165) is 5.75 Å². The van der Waals surface area contributed by atoms with Crippen molar-refractivity contribution in [2.24, 2.45) is 0 Å². The molecule has 0 saturated heterocycles. The number of thioether (sulfide) groups is 1. The zero-order chi connectivity index (χ0) is 8.27. The van der Waals surface area contributed by atoms with Gasteiger partial charge in [-0.2, -0.15) is 0 Å². The quantitative estimate of drug-likeness (QED) is 0.789. The van der Waals surface area contributed by atoms with Crippen molar-refractivity contribution >= 4 is 32.8 Å². The molecule has 0 aliphatic heterocycles. The largest absolute Gasteiger partial charge is 0.445 e. The lowest BCUT2D eigenvalue weighted by Crippen LogP contribution is -1.89. The van der Waals surface area contributed by atoms with Crippen molar-refractivity contribution in [3.63, 3.8) is 0 Å². The number of hydrogen-bond donors (Lipinski definition) is 0. The van der Waals surface area contributed by atoms with Gasteiger partial charge in [0.15, 0.2) is 10.4 Å². The first-order valence-electron chi connectivity index (χ1n) is 3.16. The molecule has 0 aliphatic carbocycles. The first kappa shape index (κ1) is 8.87. The highest BCUT2D eigenvalue weighted by atomic mass is 79.9. The third-order valence-electron chi connectivity index (χ3n) is 1.05. The molecule has 0 N–H and O–H groups in total. The van der Waals surface area contributed by atoms with Crippen LogP contribution in [-0.4, -0.2) is 10.9 Å². The van der Waals surface area contributed by atoms with Crippen LogP contribution in [0.5, 0.6) is 0 Å². The Morgan fingerprint density at radius 1 is 1.73 bits per heavy atom. The van der Waals surface area contributed by atoms with Crippen molar-refractivity contribution in [2.75, 3.05) is 5.75 Å². The van der Waals surface area contributed by atoms with E-state index in [0.29, 0.717) is 10.4 Å². The molecule has 1 aromatic rings. The molecule has 2 nitrogen and oxygen atoms in total. The summed E-state index contributed by atoms with van der Waals surface area (Å²) in [7, 11) is 0. The van der Waals surface area contributed by atoms with Crippen LogP contribution in [0.1, 0.15) is 17.5 Å². The van der Waals surface area contributed by atoms with E-state index in [2.05, 4.69) is 15.9 Å². The Bertz CT molecular complexity index is 257. The fraction of sp³-hybridized carbons (Fsp3) is 0.286. The molecule has 1 heterocycles. The summed E-state index contributed by atoms with van der Waals surface area (Å²) in [6.45, 7) is 1.93. The van der Waals surface area contributed by atoms with Gasteiger partial charge in [-0.15, -0.1) is 0 Å². The van der Waals surface area contributed by atoms with Gasteiger partial charge in [-0.1, -0.05) is 18.7 Å². The number of halogens is 1. The highest BCUT2D eigenvalue weighted by Gasteiger charge is 2.08. The number of furan rings is 1. The van der Waals surface area contributed by atoms with E-state index in [-0.39, 0.29) is 5.12 Å². The molecule has 11 heavy (non-hydrogen) atoms. The van der Waals surface area contributed by atoms with Gasteiger partial charge in [-0.3, -0.25) is 4.79 Å². The molecule has 0 aromatic carbocycles. The zero-order valence-electron chi connectivity index (χ0n) is 5.96. The van der Waals surface area contributed by atoms with Crippen LogP contribution >= 0.6 is 27.7 Å². The van der Waals surface area contributed by atoms with E-state index in [1.165, 1.54) is 11.8 Å². The molecule has 0 aliphatic rings. The summed E-state index contributed by atoms with van der Waals surface area (Å²) in [6.07, 6.45) is 0. The third kappa shape index (κ3) is 2.38. The minimum absolute atomic E-state index is 0.0156. The van der Waals surface area contributed by atoms with E-state index < -0.39 is 0 Å². The topological polar surface area (TPSA) is 30.2 Å². The SMILES string of the molecule is CCSC(=O)c1ccc(Br)o1. The van der Waals surface area contributed by atoms with Crippen LogP contribution in [0.4, 0.5) is 0 Å². The second-order valence-electron chi connectivity index (χ2n) is 1.82. The van der Waals surface area contributed by atoms with E-state index in [1.807, 2.05) is 6.92 Å². The summed E-state index contributed by atoms with van der Waals surface area (Å²) in [5, 5.41) is -0.0156. The van der Waals surface area contributed by atoms with Crippen LogP contribution in [0.3, 0.4) is 0 Å². The highest BCUT2D eigenvalue weighted by molar-refractivity contribution is 9.10. The lowest BCUT2D eigenvalue weighted by Gasteiger charge is -1.90. The van der Waals surface area contributed by atoms with Gasteiger partial charge in [-0.25, -0.2) is 0 Å². The Morgan fingerprint density at radius 2 is 2.45 bits per heavy atom. The Hall–Kier alpha value is -0.220. The molecule has 0 bridgehead atoms. The molecular weight excluding hydrogens is 228 g/mol. The summed E-state index contributed by atoms with van der Waals surface area (Å²) in [4.78, 5) is 11.1. The maximum absolute atomic E-state index is 11.1. The van der Waals surface area contributed by atoms with Gasteiger partial charge >= 0.3 is 0 Å². The predicted octanol–water partition coefficient (Wildman–Crippen LogP) is 2.94. The molecule has 0 saturated carbocycles. The maximum Gasteiger partial charge on any atom is 0.254 e. The number of carbonyl (C=O) groups excluding carboxylic acids is 1. The second-order valence-corrected chi connectivity index (χ2v) is 3.84. The molecule has 0 atom stereocenters. The third-order valence-corrected chi connectivity index (χ3v) is 2.23. The summed E-state index contributed by atoms with van der Waals surface area (Å²) >= 11 is 4.37. The van der Waals surface area contributed by atoms with E-state index in [9.17, 15) is 4.79 Å². The van der Waals surface area contributed by atoms with Gasteiger partial charge in [-0.05, 0) is 33.8 Å². The van der Waals surface area contributed by atoms with Crippen molar-refractivity contribution in [2.45, 2.75) is 6.92 Å². The maximum atomic E-state index is 11.1. The van der Waals surface area contributed by atoms with Crippen molar-refractivity contribution in [3.8, 4) is 0 Å². The number of hydrogen-bond acceptors (Lipinski definition) is 3. The molecular formula is C7H7BrO2S. The van der Waals surface area contributed by atoms with Crippen LogP contribution < -0.4 is 0 Å². The van der Waals surface area contributed by atoms with Gasteiger partial charge in [0, 0.05) is 0 Å². The number of rotatable bonds is 2. The molecule has 0 radical (unpaired) electrons. The van der Waals surface area contributed by atoms with Crippen LogP contribution in [0.2, 0.25) is 0 Å². The van der Waals surface area contributed by atoms with Gasteiger partial charge in [0.05, 0.1) is 0 Å². The van der Waals surface area contributed by atoms with Gasteiger partial charge in [0.25, 0.3) is 5.12 Å². The summed E-state index contributed by atoms with van der Waals surface area (Å²) in [5.41, 5.74) is 0.